The maximum absolute atomic E-state index is 12.6. The Morgan fingerprint density at radius 3 is 2.72 bits per heavy atom. The smallest absolute Gasteiger partial charge is 0.262 e. The highest BCUT2D eigenvalue weighted by Crippen LogP contribution is 2.28. The Labute approximate surface area is 177 Å². The number of carbonyl (C=O) groups excluding carboxylic acids is 1. The zero-order chi connectivity index (χ0) is 19.8. The number of aryl methyl sites for hydroxylation is 2. The van der Waals surface area contributed by atoms with Gasteiger partial charge in [-0.25, -0.2) is 0 Å². The second-order valence-corrected chi connectivity index (χ2v) is 7.62. The number of thiophene rings is 1. The monoisotopic (exact) mass is 432 g/mol. The molecule has 1 amide bonds. The Balaban J connectivity index is 0.00000240. The molecule has 0 bridgehead atoms. The van der Waals surface area contributed by atoms with Crippen LogP contribution in [0.2, 0.25) is 0 Å². The van der Waals surface area contributed by atoms with Gasteiger partial charge in [-0.05, 0) is 25.5 Å². The van der Waals surface area contributed by atoms with Gasteiger partial charge in [0.25, 0.3) is 5.91 Å². The van der Waals surface area contributed by atoms with E-state index >= 15 is 0 Å². The van der Waals surface area contributed by atoms with Crippen molar-refractivity contribution < 1.29 is 9.32 Å². The molecule has 1 aromatic carbocycles. The molecule has 4 rings (SSSR count). The SMILES string of the molecule is Cc1nn(C)c2sc(C(=O)NC(C)c3nc(-c4ccc(CN)cc4)no3)cc12.Cl. The number of nitrogens with one attached hydrogen (secondary N) is 1. The summed E-state index contributed by atoms with van der Waals surface area (Å²) in [5, 5.41) is 12.3. The van der Waals surface area contributed by atoms with Crippen LogP contribution < -0.4 is 11.1 Å². The molecule has 3 N–H and O–H groups in total. The number of carbonyl (C=O) groups is 1. The number of halogens is 1. The second-order valence-electron chi connectivity index (χ2n) is 6.59. The normalized spacial score (nSPS) is 12.0. The number of rotatable bonds is 5. The lowest BCUT2D eigenvalue weighted by molar-refractivity contribution is 0.0936. The van der Waals surface area contributed by atoms with E-state index in [1.165, 1.54) is 11.3 Å². The van der Waals surface area contributed by atoms with Gasteiger partial charge in [0.2, 0.25) is 11.7 Å². The molecule has 1 unspecified atom stereocenters. The fourth-order valence-corrected chi connectivity index (χ4v) is 3.99. The van der Waals surface area contributed by atoms with Gasteiger partial charge >= 0.3 is 0 Å². The van der Waals surface area contributed by atoms with Crippen LogP contribution in [0.25, 0.3) is 21.6 Å². The summed E-state index contributed by atoms with van der Waals surface area (Å²) in [6, 6.07) is 9.09. The lowest BCUT2D eigenvalue weighted by Gasteiger charge is -2.08. The molecular formula is C19H21ClN6O2S. The minimum absolute atomic E-state index is 0. The van der Waals surface area contributed by atoms with Crippen LogP contribution in [0.1, 0.15) is 39.8 Å². The molecule has 3 heterocycles. The predicted octanol–water partition coefficient (Wildman–Crippen LogP) is 3.36. The Hall–Kier alpha value is -2.75. The highest BCUT2D eigenvalue weighted by atomic mass is 35.5. The zero-order valence-corrected chi connectivity index (χ0v) is 17.8. The summed E-state index contributed by atoms with van der Waals surface area (Å²) < 4.78 is 7.13. The van der Waals surface area contributed by atoms with Crippen molar-refractivity contribution in [3.05, 3.63) is 52.4 Å². The third-order valence-electron chi connectivity index (χ3n) is 4.53. The van der Waals surface area contributed by atoms with E-state index in [0.717, 1.165) is 27.0 Å². The number of amides is 1. The fraction of sp³-hybridized carbons (Fsp3) is 0.263. The molecule has 3 aromatic heterocycles. The van der Waals surface area contributed by atoms with Crippen molar-refractivity contribution in [3.63, 3.8) is 0 Å². The lowest BCUT2D eigenvalue weighted by Crippen LogP contribution is -2.26. The van der Waals surface area contributed by atoms with Crippen molar-refractivity contribution in [3.8, 4) is 11.4 Å². The molecule has 0 aliphatic carbocycles. The summed E-state index contributed by atoms with van der Waals surface area (Å²) in [5.41, 5.74) is 8.38. The van der Waals surface area contributed by atoms with Gasteiger partial charge in [-0.3, -0.25) is 9.48 Å². The van der Waals surface area contributed by atoms with Crippen molar-refractivity contribution in [2.45, 2.75) is 26.4 Å². The fourth-order valence-electron chi connectivity index (χ4n) is 2.96. The first-order chi connectivity index (χ1) is 13.5. The van der Waals surface area contributed by atoms with Gasteiger partial charge in [0.1, 0.15) is 10.9 Å². The topological polar surface area (TPSA) is 112 Å². The van der Waals surface area contributed by atoms with Gasteiger partial charge in [0.05, 0.1) is 10.6 Å². The van der Waals surface area contributed by atoms with E-state index in [2.05, 4.69) is 20.6 Å². The van der Waals surface area contributed by atoms with Crippen LogP contribution >= 0.6 is 23.7 Å². The number of hydrogen-bond acceptors (Lipinski definition) is 7. The van der Waals surface area contributed by atoms with Gasteiger partial charge in [-0.15, -0.1) is 23.7 Å². The number of nitrogens with zero attached hydrogens (tertiary/aromatic N) is 4. The summed E-state index contributed by atoms with van der Waals surface area (Å²) in [7, 11) is 1.87. The summed E-state index contributed by atoms with van der Waals surface area (Å²) in [4.78, 5) is 18.6. The third-order valence-corrected chi connectivity index (χ3v) is 5.73. The van der Waals surface area contributed by atoms with Gasteiger partial charge in [0.15, 0.2) is 0 Å². The average molecular weight is 433 g/mol. The molecule has 8 nitrogen and oxygen atoms in total. The molecule has 4 aromatic rings. The van der Waals surface area contributed by atoms with Crippen LogP contribution in [-0.4, -0.2) is 25.8 Å². The van der Waals surface area contributed by atoms with E-state index in [1.807, 2.05) is 51.2 Å². The molecule has 10 heteroatoms. The van der Waals surface area contributed by atoms with Gasteiger partial charge in [0, 0.05) is 24.5 Å². The predicted molar refractivity (Wildman–Crippen MR) is 114 cm³/mol. The highest BCUT2D eigenvalue weighted by Gasteiger charge is 2.20. The Morgan fingerprint density at radius 1 is 1.34 bits per heavy atom. The largest absolute Gasteiger partial charge is 0.340 e. The van der Waals surface area contributed by atoms with Crippen LogP contribution in [0.4, 0.5) is 0 Å². The van der Waals surface area contributed by atoms with Crippen molar-refractivity contribution >= 4 is 39.9 Å². The molecule has 1 atom stereocenters. The van der Waals surface area contributed by atoms with E-state index in [-0.39, 0.29) is 18.3 Å². The quantitative estimate of drug-likeness (QED) is 0.500. The van der Waals surface area contributed by atoms with Crippen LogP contribution in [0.15, 0.2) is 34.9 Å². The summed E-state index contributed by atoms with van der Waals surface area (Å²) >= 11 is 1.41. The Kier molecular flexibility index (Phi) is 6.02. The van der Waals surface area contributed by atoms with E-state index in [9.17, 15) is 4.79 Å². The van der Waals surface area contributed by atoms with Gasteiger partial charge in [-0.1, -0.05) is 29.4 Å². The first kappa shape index (κ1) is 21.0. The van der Waals surface area contributed by atoms with Crippen LogP contribution in [-0.2, 0) is 13.6 Å². The maximum atomic E-state index is 12.6. The van der Waals surface area contributed by atoms with E-state index in [0.29, 0.717) is 23.1 Å². The van der Waals surface area contributed by atoms with E-state index in [1.54, 1.807) is 4.68 Å². The van der Waals surface area contributed by atoms with E-state index < -0.39 is 6.04 Å². The van der Waals surface area contributed by atoms with Gasteiger partial charge < -0.3 is 15.6 Å². The number of fused-ring (bicyclic) bond motifs is 1. The molecule has 29 heavy (non-hydrogen) atoms. The van der Waals surface area contributed by atoms with Crippen LogP contribution in [0.5, 0.6) is 0 Å². The first-order valence-corrected chi connectivity index (χ1v) is 9.65. The molecule has 0 aliphatic rings. The molecule has 0 radical (unpaired) electrons. The van der Waals surface area contributed by atoms with Gasteiger partial charge in [-0.2, -0.15) is 10.1 Å². The minimum Gasteiger partial charge on any atom is -0.340 e. The first-order valence-electron chi connectivity index (χ1n) is 8.83. The molecule has 0 fully saturated rings. The number of hydrogen-bond donors (Lipinski definition) is 2. The van der Waals surface area contributed by atoms with Crippen LogP contribution in [0, 0.1) is 6.92 Å². The summed E-state index contributed by atoms with van der Waals surface area (Å²) in [6.07, 6.45) is 0. The zero-order valence-electron chi connectivity index (χ0n) is 16.2. The number of aromatic nitrogens is 4. The minimum atomic E-state index is -0.415. The third kappa shape index (κ3) is 4.02. The van der Waals surface area contributed by atoms with Crippen molar-refractivity contribution in [2.24, 2.45) is 12.8 Å². The van der Waals surface area contributed by atoms with Crippen molar-refractivity contribution in [1.82, 2.24) is 25.2 Å². The molecule has 152 valence electrons. The molecule has 0 saturated heterocycles. The van der Waals surface area contributed by atoms with E-state index in [4.69, 9.17) is 10.3 Å². The highest BCUT2D eigenvalue weighted by molar-refractivity contribution is 7.20. The maximum Gasteiger partial charge on any atom is 0.262 e. The average Bonchev–Trinajstić information content (AvgIpc) is 3.40. The lowest BCUT2D eigenvalue weighted by atomic mass is 10.1. The van der Waals surface area contributed by atoms with Crippen molar-refractivity contribution in [2.75, 3.05) is 0 Å². The molecular weight excluding hydrogens is 412 g/mol. The number of nitrogens with two attached hydrogens (primary N) is 1. The van der Waals surface area contributed by atoms with Crippen molar-refractivity contribution in [1.29, 1.82) is 0 Å². The Bertz CT molecular complexity index is 1110. The molecule has 0 saturated carbocycles. The molecule has 0 aliphatic heterocycles. The number of benzene rings is 1. The summed E-state index contributed by atoms with van der Waals surface area (Å²) in [5.74, 6) is 0.647. The second kappa shape index (κ2) is 8.32. The standard InChI is InChI=1S/C19H20N6O2S.ClH/c1-10-14-8-15(28-19(14)25(3)23-10)17(26)21-11(2)18-22-16(24-27-18)13-6-4-12(9-20)5-7-13;/h4-8,11H,9,20H2,1-3H3,(H,21,26);1H. The van der Waals surface area contributed by atoms with Crippen LogP contribution in [0.3, 0.4) is 0 Å². The summed E-state index contributed by atoms with van der Waals surface area (Å²) in [6.45, 7) is 4.22. The Morgan fingerprint density at radius 2 is 2.07 bits per heavy atom. The molecule has 0 spiro atoms.